The number of hydrogen-bond acceptors (Lipinski definition) is 0. The number of rotatable bonds is 8. The molecule has 0 N–H and O–H groups in total. The highest BCUT2D eigenvalue weighted by atomic mass is 15.3. The molecule has 0 aromatic heterocycles. The lowest BCUT2D eigenvalue weighted by Gasteiger charge is -2.35. The van der Waals surface area contributed by atoms with Crippen LogP contribution in [0.4, 0.5) is 0 Å². The van der Waals surface area contributed by atoms with Crippen molar-refractivity contribution < 1.29 is 4.48 Å². The Morgan fingerprint density at radius 1 is 0.643 bits per heavy atom. The van der Waals surface area contributed by atoms with Crippen LogP contribution in [0.5, 0.6) is 0 Å². The molecule has 0 bridgehead atoms. The second-order valence-electron chi connectivity index (χ2n) is 3.23. The highest BCUT2D eigenvalue weighted by molar-refractivity contribution is 5.75. The molecular formula is C12H23BN+. The van der Waals surface area contributed by atoms with E-state index in [9.17, 15) is 0 Å². The first-order valence-electron chi connectivity index (χ1n) is 4.53. The molecule has 14 heavy (non-hydrogen) atoms. The van der Waals surface area contributed by atoms with E-state index in [1.54, 1.807) is 0 Å². The van der Waals surface area contributed by atoms with Crippen molar-refractivity contribution in [3.8, 4) is 0 Å². The summed E-state index contributed by atoms with van der Waals surface area (Å²) in [4.78, 5) is 0. The van der Waals surface area contributed by atoms with Gasteiger partial charge in [0.05, 0.1) is 34.6 Å². The third-order valence-corrected chi connectivity index (χ3v) is 2.07. The van der Waals surface area contributed by atoms with Gasteiger partial charge in [0, 0.05) is 0 Å². The molecule has 2 heteroatoms. The fourth-order valence-corrected chi connectivity index (χ4v) is 1.54. The van der Waals surface area contributed by atoms with Crippen LogP contribution in [0.2, 0.25) is 0 Å². The van der Waals surface area contributed by atoms with Crippen LogP contribution in [0.25, 0.3) is 0 Å². The molecule has 0 amide bonds. The molecule has 0 unspecified atom stereocenters. The zero-order valence-electron chi connectivity index (χ0n) is 8.41. The van der Waals surface area contributed by atoms with E-state index in [-0.39, 0.29) is 8.41 Å². The predicted octanol–water partition coefficient (Wildman–Crippen LogP) is 1.36. The van der Waals surface area contributed by atoms with E-state index in [0.717, 1.165) is 30.7 Å². The Bertz CT molecular complexity index is 151. The zero-order valence-corrected chi connectivity index (χ0v) is 8.41. The second kappa shape index (κ2) is 8.58. The molecule has 0 spiro atoms. The van der Waals surface area contributed by atoms with Crippen LogP contribution in [0.15, 0.2) is 50.6 Å². The zero-order chi connectivity index (χ0) is 10.2. The SMILES string of the molecule is B.C=CC[N+](CC=C)(CC=C)CC=C. The van der Waals surface area contributed by atoms with Crippen molar-refractivity contribution in [1.29, 1.82) is 0 Å². The summed E-state index contributed by atoms with van der Waals surface area (Å²) < 4.78 is 0.903. The van der Waals surface area contributed by atoms with Gasteiger partial charge in [-0.3, -0.25) is 0 Å². The molecule has 0 aliphatic rings. The first-order valence-corrected chi connectivity index (χ1v) is 4.53. The summed E-state index contributed by atoms with van der Waals surface area (Å²) >= 11 is 0. The Kier molecular flexibility index (Phi) is 9.47. The molecule has 0 aliphatic heterocycles. The summed E-state index contributed by atoms with van der Waals surface area (Å²) in [5.74, 6) is 0. The summed E-state index contributed by atoms with van der Waals surface area (Å²) in [5, 5.41) is 0. The predicted molar refractivity (Wildman–Crippen MR) is 70.5 cm³/mol. The van der Waals surface area contributed by atoms with Crippen molar-refractivity contribution in [3.63, 3.8) is 0 Å². The van der Waals surface area contributed by atoms with Gasteiger partial charge in [-0.1, -0.05) is 26.3 Å². The average Bonchev–Trinajstić information content (AvgIpc) is 2.06. The first kappa shape index (κ1) is 15.5. The van der Waals surface area contributed by atoms with Crippen molar-refractivity contribution in [1.82, 2.24) is 0 Å². The summed E-state index contributed by atoms with van der Waals surface area (Å²) in [5.41, 5.74) is 0. The van der Waals surface area contributed by atoms with Crippen LogP contribution < -0.4 is 0 Å². The second-order valence-corrected chi connectivity index (χ2v) is 3.23. The van der Waals surface area contributed by atoms with Gasteiger partial charge in [-0.2, -0.15) is 0 Å². The van der Waals surface area contributed by atoms with Crippen LogP contribution in [0.1, 0.15) is 0 Å². The molecule has 0 saturated heterocycles. The lowest BCUT2D eigenvalue weighted by atomic mass is 10.3. The van der Waals surface area contributed by atoms with E-state index in [0.29, 0.717) is 0 Å². The van der Waals surface area contributed by atoms with Gasteiger partial charge in [-0.05, 0) is 24.3 Å². The summed E-state index contributed by atoms with van der Waals surface area (Å²) in [6, 6.07) is 0. The molecular weight excluding hydrogens is 169 g/mol. The minimum atomic E-state index is 0. The molecule has 78 valence electrons. The molecule has 0 heterocycles. The Balaban J connectivity index is 0. The highest BCUT2D eigenvalue weighted by Gasteiger charge is 2.20. The van der Waals surface area contributed by atoms with Crippen LogP contribution >= 0.6 is 0 Å². The van der Waals surface area contributed by atoms with Crippen molar-refractivity contribution in [3.05, 3.63) is 50.6 Å². The molecule has 0 saturated carbocycles. The average molecular weight is 192 g/mol. The molecule has 0 aromatic carbocycles. The monoisotopic (exact) mass is 192 g/mol. The molecule has 1 nitrogen and oxygen atoms in total. The fraction of sp³-hybridized carbons (Fsp3) is 0.333. The van der Waals surface area contributed by atoms with Crippen LogP contribution in [0.3, 0.4) is 0 Å². The van der Waals surface area contributed by atoms with Crippen molar-refractivity contribution >= 4 is 8.41 Å². The Morgan fingerprint density at radius 3 is 1.00 bits per heavy atom. The van der Waals surface area contributed by atoms with E-state index in [1.165, 1.54) is 0 Å². The van der Waals surface area contributed by atoms with Gasteiger partial charge >= 0.3 is 0 Å². The lowest BCUT2D eigenvalue weighted by Crippen LogP contribution is -2.48. The van der Waals surface area contributed by atoms with Crippen molar-refractivity contribution in [2.45, 2.75) is 0 Å². The quantitative estimate of drug-likeness (QED) is 0.309. The van der Waals surface area contributed by atoms with E-state index in [1.807, 2.05) is 24.3 Å². The summed E-state index contributed by atoms with van der Waals surface area (Å²) in [7, 11) is 0. The molecule has 0 aliphatic carbocycles. The Morgan fingerprint density at radius 2 is 0.857 bits per heavy atom. The topological polar surface area (TPSA) is 0 Å². The molecule has 0 atom stereocenters. The first-order chi connectivity index (χ1) is 6.24. The van der Waals surface area contributed by atoms with Gasteiger partial charge < -0.3 is 4.48 Å². The third-order valence-electron chi connectivity index (χ3n) is 2.07. The third kappa shape index (κ3) is 4.88. The maximum Gasteiger partial charge on any atom is 0.0978 e. The Hall–Kier alpha value is -1.02. The molecule has 0 rings (SSSR count). The maximum atomic E-state index is 3.77. The minimum absolute atomic E-state index is 0. The van der Waals surface area contributed by atoms with Gasteiger partial charge in [0.2, 0.25) is 0 Å². The minimum Gasteiger partial charge on any atom is -0.311 e. The molecule has 0 aromatic rings. The standard InChI is InChI=1S/C12H20N.BH3/c1-5-9-13(10-6-2,11-7-3)12-8-4;/h5-8H,1-4,9-12H2;1H3/q+1;. The van der Waals surface area contributed by atoms with Gasteiger partial charge in [-0.15, -0.1) is 0 Å². The van der Waals surface area contributed by atoms with Gasteiger partial charge in [0.15, 0.2) is 0 Å². The van der Waals surface area contributed by atoms with E-state index < -0.39 is 0 Å². The largest absolute Gasteiger partial charge is 0.311 e. The summed E-state index contributed by atoms with van der Waals surface area (Å²) in [6.45, 7) is 18.8. The molecule has 0 fully saturated rings. The van der Waals surface area contributed by atoms with Crippen LogP contribution in [-0.2, 0) is 0 Å². The van der Waals surface area contributed by atoms with E-state index >= 15 is 0 Å². The van der Waals surface area contributed by atoms with Gasteiger partial charge in [0.1, 0.15) is 0 Å². The maximum absolute atomic E-state index is 3.77. The van der Waals surface area contributed by atoms with E-state index in [2.05, 4.69) is 26.3 Å². The smallest absolute Gasteiger partial charge is 0.0978 e. The number of quaternary nitrogens is 1. The highest BCUT2D eigenvalue weighted by Crippen LogP contribution is 2.07. The Labute approximate surface area is 90.3 Å². The number of hydrogen-bond donors (Lipinski definition) is 0. The van der Waals surface area contributed by atoms with Crippen LogP contribution in [0, 0.1) is 0 Å². The van der Waals surface area contributed by atoms with E-state index in [4.69, 9.17) is 0 Å². The summed E-state index contributed by atoms with van der Waals surface area (Å²) in [6.07, 6.45) is 7.76. The van der Waals surface area contributed by atoms with Crippen LogP contribution in [-0.4, -0.2) is 39.1 Å². The molecule has 0 radical (unpaired) electrons. The van der Waals surface area contributed by atoms with Gasteiger partial charge in [0.25, 0.3) is 0 Å². The van der Waals surface area contributed by atoms with Crippen molar-refractivity contribution in [2.24, 2.45) is 0 Å². The fourth-order valence-electron chi connectivity index (χ4n) is 1.54. The van der Waals surface area contributed by atoms with Crippen molar-refractivity contribution in [2.75, 3.05) is 26.2 Å². The van der Waals surface area contributed by atoms with Gasteiger partial charge in [-0.25, -0.2) is 0 Å². The lowest BCUT2D eigenvalue weighted by molar-refractivity contribution is -0.906. The number of nitrogens with zero attached hydrogens (tertiary/aromatic N) is 1. The normalized spacial score (nSPS) is 9.71.